The van der Waals surface area contributed by atoms with Crippen molar-refractivity contribution in [2.45, 2.75) is 44.1 Å². The second-order valence-electron chi connectivity index (χ2n) is 6.50. The number of aliphatic carboxylic acids is 1. The van der Waals surface area contributed by atoms with Crippen LogP contribution in [0.4, 0.5) is 5.13 Å². The zero-order chi connectivity index (χ0) is 14.4. The van der Waals surface area contributed by atoms with Gasteiger partial charge in [0.05, 0.1) is 5.69 Å². The van der Waals surface area contributed by atoms with E-state index in [1.54, 1.807) is 11.3 Å². The Morgan fingerprint density at radius 3 is 2.81 bits per heavy atom. The summed E-state index contributed by atoms with van der Waals surface area (Å²) < 4.78 is 0. The topological polar surface area (TPSA) is 65.5 Å². The van der Waals surface area contributed by atoms with Crippen molar-refractivity contribution in [1.29, 1.82) is 0 Å². The lowest BCUT2D eigenvalue weighted by molar-refractivity contribution is -0.139. The predicted octanol–water partition coefficient (Wildman–Crippen LogP) is 2.15. The van der Waals surface area contributed by atoms with Crippen LogP contribution in [0.1, 0.15) is 42.2 Å². The first-order chi connectivity index (χ1) is 10.2. The van der Waals surface area contributed by atoms with E-state index in [1.807, 2.05) is 0 Å². The molecular weight excluding hydrogens is 286 g/mol. The molecule has 3 fully saturated rings. The molecule has 21 heavy (non-hydrogen) atoms. The van der Waals surface area contributed by atoms with Gasteiger partial charge in [-0.15, -0.1) is 11.3 Å². The highest BCUT2D eigenvalue weighted by molar-refractivity contribution is 7.15. The number of rotatable bonds is 3. The highest BCUT2D eigenvalue weighted by atomic mass is 32.1. The number of anilines is 1. The van der Waals surface area contributed by atoms with Crippen LogP contribution in [0.2, 0.25) is 0 Å². The maximum Gasteiger partial charge on any atom is 0.312 e. The summed E-state index contributed by atoms with van der Waals surface area (Å²) in [6.45, 7) is 3.58. The molecule has 0 amide bonds. The van der Waals surface area contributed by atoms with Crippen LogP contribution in [0.5, 0.6) is 0 Å². The van der Waals surface area contributed by atoms with Crippen LogP contribution in [-0.2, 0) is 11.2 Å². The van der Waals surface area contributed by atoms with Crippen molar-refractivity contribution >= 4 is 22.4 Å². The SMILES string of the molecule is O=C(O)C1CCCc2sc(NC3CN4CCC3CC4)nc21. The van der Waals surface area contributed by atoms with Gasteiger partial charge in [0.1, 0.15) is 5.92 Å². The van der Waals surface area contributed by atoms with Gasteiger partial charge >= 0.3 is 5.97 Å². The van der Waals surface area contributed by atoms with Gasteiger partial charge < -0.3 is 15.3 Å². The summed E-state index contributed by atoms with van der Waals surface area (Å²) in [7, 11) is 0. The minimum Gasteiger partial charge on any atom is -0.481 e. The van der Waals surface area contributed by atoms with Crippen LogP contribution in [-0.4, -0.2) is 46.6 Å². The molecule has 2 atom stereocenters. The Labute approximate surface area is 128 Å². The number of piperidine rings is 3. The standard InChI is InChI=1S/C15H21N3O2S/c19-14(20)10-2-1-3-12-13(10)17-15(21-12)16-11-8-18-6-4-9(11)5-7-18/h9-11H,1-8H2,(H,16,17)(H,19,20). The lowest BCUT2D eigenvalue weighted by atomic mass is 9.84. The van der Waals surface area contributed by atoms with Gasteiger partial charge in [-0.1, -0.05) is 0 Å². The summed E-state index contributed by atoms with van der Waals surface area (Å²) >= 11 is 1.67. The molecule has 2 bridgehead atoms. The molecule has 5 rings (SSSR count). The fourth-order valence-corrected chi connectivity index (χ4v) is 5.13. The van der Waals surface area contributed by atoms with Crippen LogP contribution in [0, 0.1) is 5.92 Å². The van der Waals surface area contributed by atoms with Crippen LogP contribution >= 0.6 is 11.3 Å². The van der Waals surface area contributed by atoms with Crippen molar-refractivity contribution in [2.75, 3.05) is 25.0 Å². The van der Waals surface area contributed by atoms with Crippen molar-refractivity contribution in [1.82, 2.24) is 9.88 Å². The monoisotopic (exact) mass is 307 g/mol. The molecular formula is C15H21N3O2S. The molecule has 1 aliphatic carbocycles. The first-order valence-corrected chi connectivity index (χ1v) is 8.73. The van der Waals surface area contributed by atoms with Gasteiger partial charge in [-0.3, -0.25) is 4.79 Å². The number of carbonyl (C=O) groups is 1. The van der Waals surface area contributed by atoms with Gasteiger partial charge in [0.2, 0.25) is 0 Å². The molecule has 3 saturated heterocycles. The Balaban J connectivity index is 1.53. The summed E-state index contributed by atoms with van der Waals surface area (Å²) in [4.78, 5) is 19.7. The van der Waals surface area contributed by atoms with Crippen LogP contribution in [0.15, 0.2) is 0 Å². The van der Waals surface area contributed by atoms with E-state index < -0.39 is 11.9 Å². The molecule has 114 valence electrons. The van der Waals surface area contributed by atoms with Crippen LogP contribution in [0.25, 0.3) is 0 Å². The number of nitrogens with one attached hydrogen (secondary N) is 1. The third kappa shape index (κ3) is 2.44. The number of hydrogen-bond acceptors (Lipinski definition) is 5. The number of hydrogen-bond donors (Lipinski definition) is 2. The first kappa shape index (κ1) is 13.5. The number of carboxylic acid groups (broad SMARTS) is 1. The molecule has 6 heteroatoms. The summed E-state index contributed by atoms with van der Waals surface area (Å²) in [5.41, 5.74) is 0.822. The third-order valence-corrected chi connectivity index (χ3v) is 6.28. The van der Waals surface area contributed by atoms with Gasteiger partial charge in [-0.05, 0) is 51.1 Å². The van der Waals surface area contributed by atoms with Gasteiger partial charge in [0.25, 0.3) is 0 Å². The molecule has 3 aliphatic heterocycles. The fourth-order valence-electron chi connectivity index (χ4n) is 4.01. The van der Waals surface area contributed by atoms with Gasteiger partial charge in [0, 0.05) is 17.5 Å². The Morgan fingerprint density at radius 2 is 2.14 bits per heavy atom. The average molecular weight is 307 g/mol. The minimum absolute atomic E-state index is 0.396. The summed E-state index contributed by atoms with van der Waals surface area (Å²) in [5.74, 6) is -0.367. The Hall–Kier alpha value is -1.14. The molecule has 4 aliphatic rings. The molecule has 5 nitrogen and oxygen atoms in total. The second-order valence-corrected chi connectivity index (χ2v) is 7.58. The average Bonchev–Trinajstić information content (AvgIpc) is 2.90. The highest BCUT2D eigenvalue weighted by Crippen LogP contribution is 2.38. The quantitative estimate of drug-likeness (QED) is 0.896. The lowest BCUT2D eigenvalue weighted by Gasteiger charge is -2.44. The van der Waals surface area contributed by atoms with Gasteiger partial charge in [-0.2, -0.15) is 0 Å². The maximum atomic E-state index is 11.4. The van der Waals surface area contributed by atoms with Gasteiger partial charge in [-0.25, -0.2) is 4.98 Å². The fraction of sp³-hybridized carbons (Fsp3) is 0.733. The van der Waals surface area contributed by atoms with Crippen LogP contribution < -0.4 is 5.32 Å². The third-order valence-electron chi connectivity index (χ3n) is 5.22. The molecule has 4 heterocycles. The van der Waals surface area contributed by atoms with Crippen molar-refractivity contribution in [3.63, 3.8) is 0 Å². The van der Waals surface area contributed by atoms with E-state index in [9.17, 15) is 9.90 Å². The maximum absolute atomic E-state index is 11.4. The first-order valence-electron chi connectivity index (χ1n) is 7.92. The number of aryl methyl sites for hydroxylation is 1. The number of nitrogens with zero attached hydrogens (tertiary/aromatic N) is 2. The summed E-state index contributed by atoms with van der Waals surface area (Å²) in [5, 5.41) is 13.9. The number of fused-ring (bicyclic) bond motifs is 4. The van der Waals surface area contributed by atoms with E-state index >= 15 is 0 Å². The van der Waals surface area contributed by atoms with E-state index in [1.165, 1.54) is 30.8 Å². The normalized spacial score (nSPS) is 34.5. The van der Waals surface area contributed by atoms with Crippen molar-refractivity contribution < 1.29 is 9.90 Å². The van der Waals surface area contributed by atoms with E-state index in [4.69, 9.17) is 0 Å². The molecule has 1 aromatic heterocycles. The molecule has 2 N–H and O–H groups in total. The molecule has 0 spiro atoms. The van der Waals surface area contributed by atoms with E-state index in [2.05, 4.69) is 15.2 Å². The molecule has 2 unspecified atom stereocenters. The number of thiazole rings is 1. The number of aromatic nitrogens is 1. The predicted molar refractivity (Wildman–Crippen MR) is 82.0 cm³/mol. The highest BCUT2D eigenvalue weighted by Gasteiger charge is 2.35. The zero-order valence-corrected chi connectivity index (χ0v) is 12.9. The summed E-state index contributed by atoms with van der Waals surface area (Å²) in [6.07, 6.45) is 5.23. The van der Waals surface area contributed by atoms with E-state index in [0.717, 1.165) is 42.6 Å². The molecule has 0 radical (unpaired) electrons. The summed E-state index contributed by atoms with van der Waals surface area (Å²) in [6, 6.07) is 0.489. The molecule has 0 aromatic carbocycles. The zero-order valence-electron chi connectivity index (χ0n) is 12.0. The van der Waals surface area contributed by atoms with Crippen molar-refractivity contribution in [3.8, 4) is 0 Å². The number of carboxylic acids is 1. The second kappa shape index (κ2) is 5.25. The smallest absolute Gasteiger partial charge is 0.312 e. The largest absolute Gasteiger partial charge is 0.481 e. The van der Waals surface area contributed by atoms with E-state index in [-0.39, 0.29) is 0 Å². The molecule has 1 aromatic rings. The Kier molecular flexibility index (Phi) is 3.38. The van der Waals surface area contributed by atoms with E-state index in [0.29, 0.717) is 6.04 Å². The lowest BCUT2D eigenvalue weighted by Crippen LogP contribution is -2.53. The van der Waals surface area contributed by atoms with Crippen molar-refractivity contribution in [2.24, 2.45) is 5.92 Å². The Morgan fingerprint density at radius 1 is 1.33 bits per heavy atom. The van der Waals surface area contributed by atoms with Gasteiger partial charge in [0.15, 0.2) is 5.13 Å². The Bertz CT molecular complexity index is 551. The minimum atomic E-state index is -0.726. The van der Waals surface area contributed by atoms with Crippen molar-refractivity contribution in [3.05, 3.63) is 10.6 Å². The van der Waals surface area contributed by atoms with Crippen LogP contribution in [0.3, 0.4) is 0 Å². The molecule has 0 saturated carbocycles.